The Morgan fingerprint density at radius 2 is 1.85 bits per heavy atom. The van der Waals surface area contributed by atoms with Gasteiger partial charge in [0.05, 0.1) is 5.69 Å². The normalized spacial score (nSPS) is 11.9. The molecule has 0 aliphatic heterocycles. The Labute approximate surface area is 197 Å². The standard InChI is InChI=1S/C24H18ClF3N4O2/c1-30-12-16-10-14(2-8-20(16)29)19-11-15-3-9-21(34-13-24(26,27)28)31-22(15)32(23(19)33)18-6-4-17(25)5-7-18/h2-12H,13,29H2,1H3. The lowest BCUT2D eigenvalue weighted by atomic mass is 10.0. The molecule has 0 amide bonds. The van der Waals surface area contributed by atoms with E-state index in [1.165, 1.54) is 10.6 Å². The molecule has 2 N–H and O–H groups in total. The molecule has 174 valence electrons. The fourth-order valence-electron chi connectivity index (χ4n) is 3.43. The number of nitrogens with zero attached hydrogens (tertiary/aromatic N) is 3. The van der Waals surface area contributed by atoms with E-state index in [0.29, 0.717) is 38.5 Å². The summed E-state index contributed by atoms with van der Waals surface area (Å²) in [6.45, 7) is -1.50. The van der Waals surface area contributed by atoms with E-state index in [4.69, 9.17) is 22.1 Å². The first-order valence-corrected chi connectivity index (χ1v) is 10.4. The number of ether oxygens (including phenoxy) is 1. The van der Waals surface area contributed by atoms with Crippen molar-refractivity contribution in [3.63, 3.8) is 0 Å². The van der Waals surface area contributed by atoms with Crippen molar-refractivity contribution < 1.29 is 17.9 Å². The number of nitrogen functional groups attached to an aromatic ring is 1. The maximum atomic E-state index is 13.7. The van der Waals surface area contributed by atoms with Gasteiger partial charge in [0.2, 0.25) is 5.88 Å². The molecule has 0 fully saturated rings. The Morgan fingerprint density at radius 1 is 1.12 bits per heavy atom. The molecule has 6 nitrogen and oxygen atoms in total. The van der Waals surface area contributed by atoms with Crippen molar-refractivity contribution >= 4 is 34.5 Å². The Hall–Kier alpha value is -3.85. The molecule has 4 aromatic rings. The van der Waals surface area contributed by atoms with Gasteiger partial charge in [0, 0.05) is 46.6 Å². The average molecular weight is 487 g/mol. The third kappa shape index (κ3) is 4.89. The molecule has 10 heteroatoms. The third-order valence-electron chi connectivity index (χ3n) is 4.96. The minimum absolute atomic E-state index is 0.140. The molecular formula is C24H18ClF3N4O2. The number of fused-ring (bicyclic) bond motifs is 1. The van der Waals surface area contributed by atoms with E-state index < -0.39 is 18.3 Å². The van der Waals surface area contributed by atoms with Crippen LogP contribution in [0.1, 0.15) is 5.56 Å². The summed E-state index contributed by atoms with van der Waals surface area (Å²) in [6, 6.07) is 16.1. The highest BCUT2D eigenvalue weighted by atomic mass is 35.5. The minimum atomic E-state index is -4.52. The number of halogens is 4. The van der Waals surface area contributed by atoms with Crippen molar-refractivity contribution in [2.45, 2.75) is 6.18 Å². The van der Waals surface area contributed by atoms with Gasteiger partial charge in [-0.2, -0.15) is 18.2 Å². The summed E-state index contributed by atoms with van der Waals surface area (Å²) in [5, 5.41) is 0.980. The quantitative estimate of drug-likeness (QED) is 0.307. The number of hydrogen-bond donors (Lipinski definition) is 1. The Kier molecular flexibility index (Phi) is 6.30. The first-order valence-electron chi connectivity index (χ1n) is 10.0. The Bertz CT molecular complexity index is 1450. The summed E-state index contributed by atoms with van der Waals surface area (Å²) in [4.78, 5) is 21.8. The van der Waals surface area contributed by atoms with Crippen molar-refractivity contribution in [2.75, 3.05) is 19.4 Å². The molecule has 2 aromatic carbocycles. The molecule has 4 rings (SSSR count). The third-order valence-corrected chi connectivity index (χ3v) is 5.21. The molecular weight excluding hydrogens is 469 g/mol. The molecule has 0 saturated carbocycles. The molecule has 0 bridgehead atoms. The second-order valence-electron chi connectivity index (χ2n) is 7.37. The Balaban J connectivity index is 1.96. The summed E-state index contributed by atoms with van der Waals surface area (Å²) in [5.74, 6) is -0.256. The predicted octanol–water partition coefficient (Wildman–Crippen LogP) is 5.28. The van der Waals surface area contributed by atoms with E-state index in [9.17, 15) is 18.0 Å². The van der Waals surface area contributed by atoms with Crippen molar-refractivity contribution in [1.29, 1.82) is 0 Å². The maximum absolute atomic E-state index is 13.7. The number of alkyl halides is 3. The van der Waals surface area contributed by atoms with Gasteiger partial charge in [-0.1, -0.05) is 17.7 Å². The van der Waals surface area contributed by atoms with Crippen LogP contribution in [0, 0.1) is 0 Å². The molecule has 2 heterocycles. The van der Waals surface area contributed by atoms with Gasteiger partial charge >= 0.3 is 6.18 Å². The number of anilines is 1. The van der Waals surface area contributed by atoms with E-state index in [-0.39, 0.29) is 11.5 Å². The molecule has 34 heavy (non-hydrogen) atoms. The predicted molar refractivity (Wildman–Crippen MR) is 127 cm³/mol. The molecule has 0 atom stereocenters. The van der Waals surface area contributed by atoms with Crippen LogP contribution in [0.15, 0.2) is 70.5 Å². The molecule has 0 aliphatic carbocycles. The molecule has 0 aliphatic rings. The molecule has 0 unspecified atom stereocenters. The highest BCUT2D eigenvalue weighted by Gasteiger charge is 2.28. The number of benzene rings is 2. The van der Waals surface area contributed by atoms with Crippen LogP contribution in [-0.2, 0) is 0 Å². The van der Waals surface area contributed by atoms with Gasteiger partial charge in [0.25, 0.3) is 5.56 Å². The highest BCUT2D eigenvalue weighted by molar-refractivity contribution is 6.30. The second kappa shape index (κ2) is 9.18. The van der Waals surface area contributed by atoms with Gasteiger partial charge in [-0.15, -0.1) is 0 Å². The highest BCUT2D eigenvalue weighted by Crippen LogP contribution is 2.27. The van der Waals surface area contributed by atoms with Crippen LogP contribution in [0.2, 0.25) is 5.02 Å². The fourth-order valence-corrected chi connectivity index (χ4v) is 3.56. The van der Waals surface area contributed by atoms with E-state index >= 15 is 0 Å². The summed E-state index contributed by atoms with van der Waals surface area (Å²) < 4.78 is 44.0. The number of aromatic nitrogens is 2. The number of aliphatic imine (C=N–C) groups is 1. The summed E-state index contributed by atoms with van der Waals surface area (Å²) in [5.41, 5.74) is 8.23. The molecule has 0 radical (unpaired) electrons. The van der Waals surface area contributed by atoms with Crippen LogP contribution in [-0.4, -0.2) is 35.6 Å². The first kappa shape index (κ1) is 23.3. The van der Waals surface area contributed by atoms with E-state index in [1.807, 2.05) is 0 Å². The lowest BCUT2D eigenvalue weighted by Crippen LogP contribution is -2.22. The van der Waals surface area contributed by atoms with E-state index in [0.717, 1.165) is 0 Å². The van der Waals surface area contributed by atoms with Crippen molar-refractivity contribution in [1.82, 2.24) is 9.55 Å². The van der Waals surface area contributed by atoms with E-state index in [2.05, 4.69) is 9.98 Å². The zero-order valence-electron chi connectivity index (χ0n) is 17.8. The largest absolute Gasteiger partial charge is 0.468 e. The van der Waals surface area contributed by atoms with Crippen LogP contribution in [0.5, 0.6) is 5.88 Å². The number of nitrogens with two attached hydrogens (primary N) is 1. The van der Waals surface area contributed by atoms with Gasteiger partial charge in [0.15, 0.2) is 12.3 Å². The molecule has 0 saturated heterocycles. The van der Waals surface area contributed by atoms with Gasteiger partial charge in [-0.25, -0.2) is 0 Å². The average Bonchev–Trinajstić information content (AvgIpc) is 2.79. The van der Waals surface area contributed by atoms with Crippen LogP contribution >= 0.6 is 11.6 Å². The SMILES string of the molecule is CN=Cc1cc(-c2cc3ccc(OCC(F)(F)F)nc3n(-c3ccc(Cl)cc3)c2=O)ccc1N. The van der Waals surface area contributed by atoms with Gasteiger partial charge in [-0.3, -0.25) is 14.4 Å². The smallest absolute Gasteiger partial charge is 0.422 e. The van der Waals surface area contributed by atoms with Crippen LogP contribution in [0.4, 0.5) is 18.9 Å². The number of hydrogen-bond acceptors (Lipinski definition) is 5. The van der Waals surface area contributed by atoms with Crippen molar-refractivity contribution in [3.05, 3.63) is 81.6 Å². The van der Waals surface area contributed by atoms with E-state index in [1.54, 1.807) is 67.9 Å². The minimum Gasteiger partial charge on any atom is -0.468 e. The zero-order chi connectivity index (χ0) is 24.5. The summed E-state index contributed by atoms with van der Waals surface area (Å²) in [6.07, 6.45) is -2.94. The molecule has 0 spiro atoms. The van der Waals surface area contributed by atoms with Crippen molar-refractivity contribution in [3.8, 4) is 22.7 Å². The van der Waals surface area contributed by atoms with Crippen LogP contribution in [0.3, 0.4) is 0 Å². The summed E-state index contributed by atoms with van der Waals surface area (Å²) in [7, 11) is 1.61. The Morgan fingerprint density at radius 3 is 2.53 bits per heavy atom. The summed E-state index contributed by atoms with van der Waals surface area (Å²) >= 11 is 6.00. The van der Waals surface area contributed by atoms with Crippen LogP contribution in [0.25, 0.3) is 27.8 Å². The zero-order valence-corrected chi connectivity index (χ0v) is 18.6. The van der Waals surface area contributed by atoms with Gasteiger partial charge in [0.1, 0.15) is 0 Å². The first-order chi connectivity index (χ1) is 16.2. The van der Waals surface area contributed by atoms with Crippen LogP contribution < -0.4 is 16.0 Å². The second-order valence-corrected chi connectivity index (χ2v) is 7.81. The van der Waals surface area contributed by atoms with Crippen molar-refractivity contribution in [2.24, 2.45) is 4.99 Å². The molecule has 2 aromatic heterocycles. The maximum Gasteiger partial charge on any atom is 0.422 e. The number of rotatable bonds is 5. The van der Waals surface area contributed by atoms with Gasteiger partial charge in [-0.05, 0) is 54.1 Å². The topological polar surface area (TPSA) is 82.5 Å². The van der Waals surface area contributed by atoms with Gasteiger partial charge < -0.3 is 10.5 Å². The number of pyridine rings is 2. The monoisotopic (exact) mass is 486 g/mol. The lowest BCUT2D eigenvalue weighted by molar-refractivity contribution is -0.154. The lowest BCUT2D eigenvalue weighted by Gasteiger charge is -2.15. The fraction of sp³-hybridized carbons (Fsp3) is 0.125.